The summed E-state index contributed by atoms with van der Waals surface area (Å²) in [6, 6.07) is 22.1. The van der Waals surface area contributed by atoms with E-state index >= 15 is 0 Å². The maximum Gasteiger partial charge on any atom is 0.253 e. The van der Waals surface area contributed by atoms with Crippen molar-refractivity contribution in [1.82, 2.24) is 18.4 Å². The number of primary sulfonamides is 2. The Bertz CT molecular complexity index is 4230. The number of methoxy groups -OCH3 is 2. The van der Waals surface area contributed by atoms with Crippen molar-refractivity contribution in [2.24, 2.45) is 39.9 Å². The number of nitrogens with zero attached hydrogens (tertiary/aromatic N) is 4. The molecule has 2 aliphatic carbocycles. The fourth-order valence-electron chi connectivity index (χ4n) is 15.9. The minimum absolute atomic E-state index is 0.000109. The second-order valence-electron chi connectivity index (χ2n) is 34.8. The molecule has 114 heavy (non-hydrogen) atoms. The third-order valence-corrected chi connectivity index (χ3v) is 43.5. The molecule has 8 rings (SSSR count). The van der Waals surface area contributed by atoms with Crippen molar-refractivity contribution >= 4 is 91.2 Å². The number of likely N-dealkylation sites (N-methyl/N-ethyl adjacent to an activating group) is 2. The number of aryl methyl sites for hydroxylation is 2. The van der Waals surface area contributed by atoms with Gasteiger partial charge in [-0.2, -0.15) is 8.61 Å². The number of amides is 2. The summed E-state index contributed by atoms with van der Waals surface area (Å²) in [5.74, 6) is 0.785. The van der Waals surface area contributed by atoms with E-state index in [-0.39, 0.29) is 107 Å². The summed E-state index contributed by atoms with van der Waals surface area (Å²) in [6.07, 6.45) is 20.7. The molecule has 644 valence electrons. The lowest BCUT2D eigenvalue weighted by atomic mass is 9.84. The van der Waals surface area contributed by atoms with Crippen molar-refractivity contribution in [2.75, 3.05) is 66.7 Å². The normalized spacial score (nSPS) is 23.5. The van der Waals surface area contributed by atoms with Gasteiger partial charge in [-0.1, -0.05) is 140 Å². The number of aliphatic hydroxyl groups is 3. The molecule has 2 amide bonds. The van der Waals surface area contributed by atoms with Crippen LogP contribution in [-0.2, 0) is 80.8 Å². The number of rotatable bonds is 42. The standard InChI is InChI=1S/C48H83N3O8S3Si2.C35H53N3O9S3/c1-14-51(41-35-50(31-22-32-57-9)62(55,56)46-40(41)33-45(60-46)61(49,53)54)44(52)26-21-16-15-20-25-38-39(30-28-36(2)27-29-37-23-18-17-19-24-37)43(59-64(12,13)48(6,7)8)34-42(38)58-63(10,11)47(3,4)5;1-3-38(30-24-37(20-11-21-47-2)50(45,46)35-29(30)22-34(48-35)49(36,43)44)33(42)15-10-5-4-9-14-27-28(32(41)23-31(27)40)19-18-26(39)17-16-25-12-7-6-8-13-25/h15,17-20,23-24,33,36,38-39,41-43H,14,16,21-22,25-32,34-35H2,1-13H3,(H2,49,53,54);4,6-9,12-13,22,26-28,30-32,39-41H,3,5,10-11,14-21,23-24H2,1-2H3,(H2,36,43,44)/b20-15-;9-4-/t36-,38-,39-,41?,42+,43-;26-,27-,28-,30?,31+,32-/m11/s1. The lowest BCUT2D eigenvalue weighted by Crippen LogP contribution is -2.47. The number of hydrogen-bond donors (Lipinski definition) is 5. The number of sulfonamides is 4. The third kappa shape index (κ3) is 26.5. The van der Waals surface area contributed by atoms with Gasteiger partial charge in [-0.15, -0.1) is 22.7 Å². The number of allylic oxidation sites excluding steroid dienone is 4. The number of thiophene rings is 2. The van der Waals surface area contributed by atoms with Crippen molar-refractivity contribution < 1.29 is 76.9 Å². The molecular formula is C83H136N6O17S6Si2. The van der Waals surface area contributed by atoms with Gasteiger partial charge in [-0.25, -0.2) is 43.9 Å². The predicted molar refractivity (Wildman–Crippen MR) is 460 cm³/mol. The molecule has 2 aromatic carbocycles. The summed E-state index contributed by atoms with van der Waals surface area (Å²) >= 11 is 1.26. The van der Waals surface area contributed by atoms with E-state index in [0.717, 1.165) is 51.4 Å². The van der Waals surface area contributed by atoms with E-state index in [0.29, 0.717) is 137 Å². The van der Waals surface area contributed by atoms with E-state index in [9.17, 15) is 58.6 Å². The Morgan fingerprint density at radius 3 is 1.40 bits per heavy atom. The van der Waals surface area contributed by atoms with Gasteiger partial charge in [0, 0.05) is 90.7 Å². The third-order valence-electron chi connectivity index (χ3n) is 24.5. The quantitative estimate of drug-likeness (QED) is 0.0156. The molecular weight excluding hydrogens is 1600 g/mol. The lowest BCUT2D eigenvalue weighted by molar-refractivity contribution is -0.134. The largest absolute Gasteiger partial charge is 0.414 e. The highest BCUT2D eigenvalue weighted by atomic mass is 32.3. The minimum atomic E-state index is -4.16. The van der Waals surface area contributed by atoms with Crippen LogP contribution < -0.4 is 10.3 Å². The number of carbonyl (C=O) groups excluding carboxylic acids is 2. The Morgan fingerprint density at radius 1 is 0.588 bits per heavy atom. The molecule has 0 spiro atoms. The minimum Gasteiger partial charge on any atom is -0.414 e. The molecule has 2 saturated carbocycles. The molecule has 0 bridgehead atoms. The molecule has 0 radical (unpaired) electrons. The number of hydrogen-bond acceptors (Lipinski definition) is 19. The first-order valence-electron chi connectivity index (χ1n) is 41.1. The van der Waals surface area contributed by atoms with Crippen LogP contribution in [0.2, 0.25) is 36.3 Å². The van der Waals surface area contributed by atoms with Crippen molar-refractivity contribution in [2.45, 2.75) is 286 Å². The highest BCUT2D eigenvalue weighted by Crippen LogP contribution is 2.51. The van der Waals surface area contributed by atoms with E-state index in [4.69, 9.17) is 28.6 Å². The van der Waals surface area contributed by atoms with Gasteiger partial charge in [0.05, 0.1) is 42.6 Å². The van der Waals surface area contributed by atoms with Crippen LogP contribution in [0.4, 0.5) is 0 Å². The van der Waals surface area contributed by atoms with Crippen molar-refractivity contribution in [3.05, 3.63) is 119 Å². The molecule has 4 aromatic rings. The maximum absolute atomic E-state index is 14.0. The summed E-state index contributed by atoms with van der Waals surface area (Å²) in [5.41, 5.74) is 3.15. The summed E-state index contributed by atoms with van der Waals surface area (Å²) in [4.78, 5) is 30.8. The second kappa shape index (κ2) is 43.0. The molecule has 2 aromatic heterocycles. The van der Waals surface area contributed by atoms with Crippen LogP contribution in [0.3, 0.4) is 0 Å². The molecule has 23 nitrogen and oxygen atoms in total. The Kier molecular flexibility index (Phi) is 36.7. The van der Waals surface area contributed by atoms with Crippen molar-refractivity contribution in [3.8, 4) is 0 Å². The summed E-state index contributed by atoms with van der Waals surface area (Å²) in [6.45, 7) is 31.2. The lowest BCUT2D eigenvalue weighted by Gasteiger charge is -2.40. The number of ether oxygens (including phenoxy) is 2. The van der Waals surface area contributed by atoms with Gasteiger partial charge in [0.1, 0.15) is 16.8 Å². The average Bonchev–Trinajstić information content (AvgIpc) is 1.56. The number of unbranched alkanes of at least 4 members (excludes halogenated alkanes) is 2. The van der Waals surface area contributed by atoms with E-state index < -0.39 is 87.1 Å². The highest BCUT2D eigenvalue weighted by Gasteiger charge is 2.52. The second-order valence-corrected chi connectivity index (χ2v) is 54.2. The predicted octanol–water partition coefficient (Wildman–Crippen LogP) is 14.5. The molecule has 2 fully saturated rings. The van der Waals surface area contributed by atoms with E-state index in [2.05, 4.69) is 117 Å². The van der Waals surface area contributed by atoms with E-state index in [1.807, 2.05) is 56.3 Å². The van der Waals surface area contributed by atoms with Gasteiger partial charge in [-0.3, -0.25) is 9.59 Å². The first-order chi connectivity index (χ1) is 53.4. The molecule has 4 heterocycles. The van der Waals surface area contributed by atoms with Crippen LogP contribution >= 0.6 is 22.7 Å². The summed E-state index contributed by atoms with van der Waals surface area (Å²) in [5, 5.41) is 42.9. The SMILES string of the molecule is CCN(C(=O)CCC/C=C\C[C@@H]1[C@@H](CC[C@H](C)CCc2ccccc2)[C@H](O[Si](C)(C)C(C)(C)C)C[C@@H]1O[Si](C)(C)C(C)(C)C)C1CN(CCCOC)S(=O)(=O)c2sc(S(N)(=O)=O)cc21.CCN(C(=O)CCC/C=C\C[C@@H]1[C@@H](CC[C@H](O)CCc2ccccc2)[C@H](O)C[C@@H]1O)C1CN(CCCOC)S(=O)(=O)c2sc(S(N)(=O)=O)cc21. The monoisotopic (exact) mass is 1740 g/mol. The summed E-state index contributed by atoms with van der Waals surface area (Å²) in [7, 11) is -17.4. The number of carbonyl (C=O) groups is 2. The summed E-state index contributed by atoms with van der Waals surface area (Å²) < 4.78 is 130. The van der Waals surface area contributed by atoms with Crippen LogP contribution in [0.25, 0.3) is 0 Å². The molecule has 2 aliphatic heterocycles. The first kappa shape index (κ1) is 97.2. The number of benzene rings is 2. The smallest absolute Gasteiger partial charge is 0.253 e. The molecule has 12 atom stereocenters. The Hall–Kier alpha value is -3.95. The van der Waals surface area contributed by atoms with Crippen LogP contribution in [0.15, 0.2) is 114 Å². The topological polar surface area (TPSA) is 333 Å². The van der Waals surface area contributed by atoms with Crippen molar-refractivity contribution in [1.29, 1.82) is 0 Å². The van der Waals surface area contributed by atoms with Gasteiger partial charge in [0.2, 0.25) is 31.9 Å². The average molecular weight is 1740 g/mol. The Balaban J connectivity index is 0.000000325. The van der Waals surface area contributed by atoms with Crippen LogP contribution in [0.5, 0.6) is 0 Å². The van der Waals surface area contributed by atoms with Gasteiger partial charge in [0.25, 0.3) is 20.0 Å². The first-order valence-corrected chi connectivity index (χ1v) is 54.5. The van der Waals surface area contributed by atoms with Gasteiger partial charge >= 0.3 is 0 Å². The van der Waals surface area contributed by atoms with Gasteiger partial charge in [0.15, 0.2) is 16.6 Å². The number of fused-ring (bicyclic) bond motifs is 2. The highest BCUT2D eigenvalue weighted by molar-refractivity contribution is 7.94. The Morgan fingerprint density at radius 2 is 0.991 bits per heavy atom. The molecule has 7 N–H and O–H groups in total. The Labute approximate surface area is 693 Å². The van der Waals surface area contributed by atoms with Crippen LogP contribution in [0, 0.1) is 29.6 Å². The molecule has 2 unspecified atom stereocenters. The van der Waals surface area contributed by atoms with E-state index in [1.165, 1.54) is 39.0 Å². The maximum atomic E-state index is 14.0. The fraction of sp³-hybridized carbons (Fsp3) is 0.687. The van der Waals surface area contributed by atoms with Crippen LogP contribution in [-0.4, -0.2) is 193 Å². The zero-order valence-corrected chi connectivity index (χ0v) is 77.3. The van der Waals surface area contributed by atoms with Crippen molar-refractivity contribution in [3.63, 3.8) is 0 Å². The van der Waals surface area contributed by atoms with Crippen LogP contribution in [0.1, 0.15) is 212 Å². The van der Waals surface area contributed by atoms with E-state index in [1.54, 1.807) is 16.9 Å². The van der Waals surface area contributed by atoms with Gasteiger partial charge < -0.3 is 43.4 Å². The molecule has 0 saturated heterocycles. The number of nitrogens with two attached hydrogens (primary N) is 2. The molecule has 31 heteroatoms. The molecule has 4 aliphatic rings. The zero-order valence-electron chi connectivity index (χ0n) is 70.4. The fourth-order valence-corrected chi connectivity index (χ4v) is 27.2. The zero-order chi connectivity index (χ0) is 84.4. The number of aliphatic hydroxyl groups excluding tert-OH is 3. The van der Waals surface area contributed by atoms with Gasteiger partial charge in [-0.05, 0) is 212 Å².